The van der Waals surface area contributed by atoms with Crippen LogP contribution in [0, 0.1) is 10.1 Å². The van der Waals surface area contributed by atoms with Crippen molar-refractivity contribution in [3.63, 3.8) is 0 Å². The molecule has 0 bridgehead atoms. The highest BCUT2D eigenvalue weighted by Crippen LogP contribution is 2.33. The van der Waals surface area contributed by atoms with Crippen molar-refractivity contribution >= 4 is 33.2 Å². The van der Waals surface area contributed by atoms with E-state index in [2.05, 4.69) is 9.72 Å². The van der Waals surface area contributed by atoms with Gasteiger partial charge < -0.3 is 9.47 Å². The molecule has 0 amide bonds. The second kappa shape index (κ2) is 6.01. The molecule has 0 aliphatic heterocycles. The molecule has 1 heterocycles. The molecule has 0 atom stereocenters. The van der Waals surface area contributed by atoms with Crippen LogP contribution in [0.25, 0.3) is 10.2 Å². The first-order valence-corrected chi connectivity index (χ1v) is 7.30. The highest BCUT2D eigenvalue weighted by atomic mass is 32.1. The molecule has 116 valence electrons. The normalized spacial score (nSPS) is 10.5. The van der Waals surface area contributed by atoms with Crippen LogP contribution < -0.4 is 4.74 Å². The summed E-state index contributed by atoms with van der Waals surface area (Å²) < 4.78 is 11.1. The Hall–Kier alpha value is -3.00. The molecule has 8 heteroatoms. The number of benzene rings is 2. The summed E-state index contributed by atoms with van der Waals surface area (Å²) in [7, 11) is 1.16. The maximum absolute atomic E-state index is 11.7. The molecule has 7 nitrogen and oxygen atoms in total. The molecule has 23 heavy (non-hydrogen) atoms. The largest absolute Gasteiger partial charge is 0.465 e. The number of aromatic nitrogens is 1. The standard InChI is InChI=1S/C15H10N2O5S/c1-21-14(18)10-8-9(6-7-12(10)17(19)20)22-15-16-11-4-2-3-5-13(11)23-15/h2-8H,1H3. The minimum absolute atomic E-state index is 0.170. The number of nitro benzene ring substituents is 1. The smallest absolute Gasteiger partial charge is 0.345 e. The fourth-order valence-corrected chi connectivity index (χ4v) is 2.84. The Morgan fingerprint density at radius 2 is 2.04 bits per heavy atom. The van der Waals surface area contributed by atoms with Crippen LogP contribution in [-0.2, 0) is 4.74 Å². The van der Waals surface area contributed by atoms with Gasteiger partial charge in [0.2, 0.25) is 0 Å². The Morgan fingerprint density at radius 3 is 2.74 bits per heavy atom. The van der Waals surface area contributed by atoms with Crippen molar-refractivity contribution in [2.24, 2.45) is 0 Å². The van der Waals surface area contributed by atoms with Crippen LogP contribution >= 0.6 is 11.3 Å². The van der Waals surface area contributed by atoms with E-state index in [0.717, 1.165) is 17.3 Å². The van der Waals surface area contributed by atoms with E-state index in [9.17, 15) is 14.9 Å². The second-order valence-electron chi connectivity index (χ2n) is 4.48. The van der Waals surface area contributed by atoms with Crippen LogP contribution in [0.15, 0.2) is 42.5 Å². The van der Waals surface area contributed by atoms with Gasteiger partial charge in [-0.2, -0.15) is 0 Å². The van der Waals surface area contributed by atoms with Crippen molar-refractivity contribution in [2.45, 2.75) is 0 Å². The average Bonchev–Trinajstić information content (AvgIpc) is 2.96. The Bertz CT molecular complexity index is 873. The number of hydrogen-bond acceptors (Lipinski definition) is 7. The lowest BCUT2D eigenvalue weighted by Gasteiger charge is -2.05. The van der Waals surface area contributed by atoms with Gasteiger partial charge in [-0.15, -0.1) is 0 Å². The molecule has 0 spiro atoms. The van der Waals surface area contributed by atoms with Gasteiger partial charge >= 0.3 is 5.97 Å². The number of nitrogens with zero attached hydrogens (tertiary/aromatic N) is 2. The molecule has 3 rings (SSSR count). The molecule has 3 aromatic rings. The van der Waals surface area contributed by atoms with E-state index >= 15 is 0 Å². The third-order valence-electron chi connectivity index (χ3n) is 3.05. The number of rotatable bonds is 4. The van der Waals surface area contributed by atoms with Gasteiger partial charge in [-0.1, -0.05) is 23.5 Å². The van der Waals surface area contributed by atoms with Crippen LogP contribution in [0.4, 0.5) is 5.69 Å². The van der Waals surface area contributed by atoms with E-state index in [4.69, 9.17) is 4.74 Å². The monoisotopic (exact) mass is 330 g/mol. The number of fused-ring (bicyclic) bond motifs is 1. The van der Waals surface area contributed by atoms with Crippen LogP contribution in [0.2, 0.25) is 0 Å². The van der Waals surface area contributed by atoms with Crippen LogP contribution in [-0.4, -0.2) is 23.0 Å². The number of nitro groups is 1. The van der Waals surface area contributed by atoms with Crippen molar-refractivity contribution in [3.8, 4) is 10.9 Å². The first-order chi connectivity index (χ1) is 11.1. The predicted octanol–water partition coefficient (Wildman–Crippen LogP) is 3.78. The topological polar surface area (TPSA) is 91.6 Å². The van der Waals surface area contributed by atoms with E-state index in [1.54, 1.807) is 0 Å². The Morgan fingerprint density at radius 1 is 1.26 bits per heavy atom. The Balaban J connectivity index is 1.96. The van der Waals surface area contributed by atoms with Crippen molar-refractivity contribution in [1.82, 2.24) is 4.98 Å². The van der Waals surface area contributed by atoms with Gasteiger partial charge in [0.05, 0.1) is 22.2 Å². The van der Waals surface area contributed by atoms with Gasteiger partial charge in [-0.3, -0.25) is 10.1 Å². The van der Waals surface area contributed by atoms with Crippen molar-refractivity contribution in [3.05, 3.63) is 58.1 Å². The van der Waals surface area contributed by atoms with Crippen LogP contribution in [0.3, 0.4) is 0 Å². The number of ether oxygens (including phenoxy) is 2. The quantitative estimate of drug-likeness (QED) is 0.410. The summed E-state index contributed by atoms with van der Waals surface area (Å²) in [5.74, 6) is -0.526. The summed E-state index contributed by atoms with van der Waals surface area (Å²) in [6.45, 7) is 0. The minimum Gasteiger partial charge on any atom is -0.465 e. The molecular weight excluding hydrogens is 320 g/mol. The predicted molar refractivity (Wildman–Crippen MR) is 84.1 cm³/mol. The van der Waals surface area contributed by atoms with E-state index < -0.39 is 10.9 Å². The maximum Gasteiger partial charge on any atom is 0.345 e. The Labute approximate surface area is 134 Å². The maximum atomic E-state index is 11.7. The first kappa shape index (κ1) is 14.9. The van der Waals surface area contributed by atoms with E-state index in [0.29, 0.717) is 5.19 Å². The van der Waals surface area contributed by atoms with Gasteiger partial charge in [-0.25, -0.2) is 9.78 Å². The average molecular weight is 330 g/mol. The minimum atomic E-state index is -0.800. The third kappa shape index (κ3) is 2.97. The lowest BCUT2D eigenvalue weighted by atomic mass is 10.1. The highest BCUT2D eigenvalue weighted by molar-refractivity contribution is 7.20. The summed E-state index contributed by atoms with van der Waals surface area (Å²) in [4.78, 5) is 26.3. The van der Waals surface area contributed by atoms with E-state index in [1.165, 1.54) is 29.5 Å². The molecular formula is C15H10N2O5S. The fraction of sp³-hybridized carbons (Fsp3) is 0.0667. The molecule has 0 saturated carbocycles. The lowest BCUT2D eigenvalue weighted by Crippen LogP contribution is -2.05. The summed E-state index contributed by atoms with van der Waals surface area (Å²) in [5.41, 5.74) is 0.284. The zero-order valence-electron chi connectivity index (χ0n) is 11.9. The van der Waals surface area contributed by atoms with Crippen LogP contribution in [0.1, 0.15) is 10.4 Å². The van der Waals surface area contributed by atoms with Crippen molar-refractivity contribution in [1.29, 1.82) is 0 Å². The SMILES string of the molecule is COC(=O)c1cc(Oc2nc3ccccc3s2)ccc1[N+](=O)[O-]. The first-order valence-electron chi connectivity index (χ1n) is 6.48. The molecule has 2 aromatic carbocycles. The zero-order valence-corrected chi connectivity index (χ0v) is 12.7. The lowest BCUT2D eigenvalue weighted by molar-refractivity contribution is -0.385. The van der Waals surface area contributed by atoms with E-state index in [1.807, 2.05) is 24.3 Å². The highest BCUT2D eigenvalue weighted by Gasteiger charge is 2.22. The number of thiazole rings is 1. The van der Waals surface area contributed by atoms with Gasteiger partial charge in [0.25, 0.3) is 10.9 Å². The van der Waals surface area contributed by atoms with Gasteiger partial charge in [0.15, 0.2) is 0 Å². The van der Waals surface area contributed by atoms with Crippen LogP contribution in [0.5, 0.6) is 10.9 Å². The fourth-order valence-electron chi connectivity index (χ4n) is 2.01. The molecule has 0 unspecified atom stereocenters. The van der Waals surface area contributed by atoms with Gasteiger partial charge in [0, 0.05) is 12.1 Å². The molecule has 0 N–H and O–H groups in total. The van der Waals surface area contributed by atoms with Gasteiger partial charge in [0.1, 0.15) is 11.3 Å². The number of esters is 1. The summed E-state index contributed by atoms with van der Waals surface area (Å²) in [6.07, 6.45) is 0. The number of methoxy groups -OCH3 is 1. The van der Waals surface area contributed by atoms with Crippen molar-refractivity contribution in [2.75, 3.05) is 7.11 Å². The summed E-state index contributed by atoms with van der Waals surface area (Å²) in [6, 6.07) is 11.4. The molecule has 0 fully saturated rings. The summed E-state index contributed by atoms with van der Waals surface area (Å²) >= 11 is 1.34. The molecule has 0 aliphatic rings. The number of hydrogen-bond donors (Lipinski definition) is 0. The number of para-hydroxylation sites is 1. The second-order valence-corrected chi connectivity index (χ2v) is 5.47. The van der Waals surface area contributed by atoms with E-state index in [-0.39, 0.29) is 17.0 Å². The zero-order chi connectivity index (χ0) is 16.4. The summed E-state index contributed by atoms with van der Waals surface area (Å²) in [5, 5.41) is 11.4. The molecule has 0 aliphatic carbocycles. The molecule has 1 aromatic heterocycles. The number of carbonyl (C=O) groups excluding carboxylic acids is 1. The third-order valence-corrected chi connectivity index (χ3v) is 3.96. The Kier molecular flexibility index (Phi) is 3.90. The van der Waals surface area contributed by atoms with Crippen molar-refractivity contribution < 1.29 is 19.2 Å². The molecule has 0 saturated heterocycles. The number of carbonyl (C=O) groups is 1. The van der Waals surface area contributed by atoms with Gasteiger partial charge in [-0.05, 0) is 18.2 Å². The molecule has 0 radical (unpaired) electrons.